The highest BCUT2D eigenvalue weighted by Gasteiger charge is 2.00. The number of rotatable bonds is 3. The summed E-state index contributed by atoms with van der Waals surface area (Å²) in [5.74, 6) is 0. The monoisotopic (exact) mass is 154 g/mol. The molecular weight excluding hydrogens is 140 g/mol. The van der Waals surface area contributed by atoms with E-state index >= 15 is 0 Å². The quantitative estimate of drug-likeness (QED) is 0.627. The zero-order valence-corrected chi connectivity index (χ0v) is 7.00. The van der Waals surface area contributed by atoms with E-state index in [2.05, 4.69) is 10.5 Å². The Labute approximate surface area is 67.1 Å². The molecule has 0 bridgehead atoms. The molecule has 0 amide bonds. The Balaban J connectivity index is 2.25. The van der Waals surface area contributed by atoms with Crippen LogP contribution in [0.2, 0.25) is 0 Å². The summed E-state index contributed by atoms with van der Waals surface area (Å²) in [5, 5.41) is 0. The minimum absolute atomic E-state index is 0.210. The van der Waals surface area contributed by atoms with E-state index < -0.39 is 0 Å². The summed E-state index contributed by atoms with van der Waals surface area (Å²) in [4.78, 5) is 9.20. The van der Waals surface area contributed by atoms with Crippen molar-refractivity contribution in [3.8, 4) is 0 Å². The summed E-state index contributed by atoms with van der Waals surface area (Å²) < 4.78 is 0. The van der Waals surface area contributed by atoms with Gasteiger partial charge in [-0.15, -0.1) is 0 Å². The molecule has 0 aromatic rings. The van der Waals surface area contributed by atoms with E-state index in [-0.39, 0.29) is 6.10 Å². The van der Waals surface area contributed by atoms with Crippen molar-refractivity contribution in [2.45, 2.75) is 32.8 Å². The fourth-order valence-corrected chi connectivity index (χ4v) is 0.773. The van der Waals surface area contributed by atoms with Gasteiger partial charge in [0.25, 0.3) is 0 Å². The standard InChI is InChI=1S/C8H14N2O/c1-7(2)11-10-8-4-3-5-9-6-8/h5-7,10H,3-4H2,1-2H3. The van der Waals surface area contributed by atoms with Crippen LogP contribution >= 0.6 is 0 Å². The number of nitrogens with zero attached hydrogens (tertiary/aromatic N) is 1. The lowest BCUT2D eigenvalue weighted by Gasteiger charge is -2.13. The van der Waals surface area contributed by atoms with E-state index in [4.69, 9.17) is 4.84 Å². The van der Waals surface area contributed by atoms with Crippen molar-refractivity contribution in [1.29, 1.82) is 0 Å². The van der Waals surface area contributed by atoms with Crippen molar-refractivity contribution in [1.82, 2.24) is 5.48 Å². The second-order valence-corrected chi connectivity index (χ2v) is 2.79. The van der Waals surface area contributed by atoms with Gasteiger partial charge in [0.05, 0.1) is 11.8 Å². The van der Waals surface area contributed by atoms with E-state index in [0.717, 1.165) is 18.5 Å². The first-order valence-corrected chi connectivity index (χ1v) is 3.91. The fraction of sp³-hybridized carbons (Fsp3) is 0.625. The Bertz CT molecular complexity index is 173. The predicted octanol–water partition coefficient (Wildman–Crippen LogP) is 1.62. The lowest BCUT2D eigenvalue weighted by atomic mass is 10.2. The highest BCUT2D eigenvalue weighted by molar-refractivity contribution is 5.59. The van der Waals surface area contributed by atoms with Gasteiger partial charge in [0.2, 0.25) is 0 Å². The van der Waals surface area contributed by atoms with Crippen LogP contribution in [0.1, 0.15) is 26.7 Å². The van der Waals surface area contributed by atoms with E-state index in [1.165, 1.54) is 0 Å². The third kappa shape index (κ3) is 3.18. The van der Waals surface area contributed by atoms with Gasteiger partial charge >= 0.3 is 0 Å². The van der Waals surface area contributed by atoms with Gasteiger partial charge in [0, 0.05) is 12.4 Å². The topological polar surface area (TPSA) is 33.6 Å². The zero-order valence-electron chi connectivity index (χ0n) is 7.00. The highest BCUT2D eigenvalue weighted by Crippen LogP contribution is 2.05. The molecule has 3 nitrogen and oxygen atoms in total. The molecule has 0 fully saturated rings. The van der Waals surface area contributed by atoms with Crippen molar-refractivity contribution in [3.05, 3.63) is 11.9 Å². The molecule has 1 rings (SSSR count). The van der Waals surface area contributed by atoms with Crippen LogP contribution in [0, 0.1) is 0 Å². The number of nitrogens with one attached hydrogen (secondary N) is 1. The van der Waals surface area contributed by atoms with Gasteiger partial charge < -0.3 is 0 Å². The Morgan fingerprint density at radius 3 is 3.00 bits per heavy atom. The van der Waals surface area contributed by atoms with Crippen LogP contribution in [-0.4, -0.2) is 12.3 Å². The predicted molar refractivity (Wildman–Crippen MR) is 45.2 cm³/mol. The van der Waals surface area contributed by atoms with Crippen molar-refractivity contribution in [2.24, 2.45) is 4.99 Å². The molecule has 1 aliphatic rings. The number of hydroxylamine groups is 1. The molecule has 0 aliphatic carbocycles. The van der Waals surface area contributed by atoms with Crippen LogP contribution in [-0.2, 0) is 4.84 Å². The third-order valence-corrected chi connectivity index (χ3v) is 1.30. The summed E-state index contributed by atoms with van der Waals surface area (Å²) in [7, 11) is 0. The third-order valence-electron chi connectivity index (χ3n) is 1.30. The van der Waals surface area contributed by atoms with Crippen molar-refractivity contribution < 1.29 is 4.84 Å². The van der Waals surface area contributed by atoms with Gasteiger partial charge in [0.15, 0.2) is 0 Å². The molecule has 1 N–H and O–H groups in total. The minimum atomic E-state index is 0.210. The normalized spacial score (nSPS) is 16.8. The van der Waals surface area contributed by atoms with Crippen LogP contribution < -0.4 is 5.48 Å². The van der Waals surface area contributed by atoms with E-state index in [1.807, 2.05) is 20.1 Å². The summed E-state index contributed by atoms with van der Waals surface area (Å²) in [6.07, 6.45) is 5.91. The van der Waals surface area contributed by atoms with Gasteiger partial charge in [-0.2, -0.15) is 0 Å². The van der Waals surface area contributed by atoms with Crippen LogP contribution in [0.5, 0.6) is 0 Å². The van der Waals surface area contributed by atoms with Gasteiger partial charge in [-0.1, -0.05) is 0 Å². The van der Waals surface area contributed by atoms with E-state index in [1.54, 1.807) is 6.20 Å². The molecule has 0 aromatic carbocycles. The van der Waals surface area contributed by atoms with Gasteiger partial charge in [-0.3, -0.25) is 15.3 Å². The number of hydrogen-bond donors (Lipinski definition) is 1. The molecule has 3 heteroatoms. The van der Waals surface area contributed by atoms with Crippen molar-refractivity contribution >= 4 is 6.21 Å². The van der Waals surface area contributed by atoms with Gasteiger partial charge in [-0.05, 0) is 26.7 Å². The Kier molecular flexibility index (Phi) is 3.11. The number of allylic oxidation sites excluding steroid dienone is 1. The Hall–Kier alpha value is -0.830. The molecule has 0 spiro atoms. The fourth-order valence-electron chi connectivity index (χ4n) is 0.773. The van der Waals surface area contributed by atoms with Crippen molar-refractivity contribution in [3.63, 3.8) is 0 Å². The van der Waals surface area contributed by atoms with Crippen LogP contribution in [0.3, 0.4) is 0 Å². The molecule has 62 valence electrons. The summed E-state index contributed by atoms with van der Waals surface area (Å²) >= 11 is 0. The first kappa shape index (κ1) is 8.27. The zero-order chi connectivity index (χ0) is 8.10. The van der Waals surface area contributed by atoms with Crippen molar-refractivity contribution in [2.75, 3.05) is 0 Å². The molecule has 0 radical (unpaired) electrons. The number of aliphatic imine (C=N–C) groups is 1. The minimum Gasteiger partial charge on any atom is -0.274 e. The first-order valence-electron chi connectivity index (χ1n) is 3.91. The largest absolute Gasteiger partial charge is 0.274 e. The number of hydrogen-bond acceptors (Lipinski definition) is 3. The Morgan fingerprint density at radius 1 is 1.64 bits per heavy atom. The molecule has 1 heterocycles. The van der Waals surface area contributed by atoms with Crippen LogP contribution in [0.25, 0.3) is 0 Å². The second-order valence-electron chi connectivity index (χ2n) is 2.79. The summed E-state index contributed by atoms with van der Waals surface area (Å²) in [6, 6.07) is 0. The maximum atomic E-state index is 5.19. The molecule has 0 aromatic heterocycles. The average Bonchev–Trinajstić information content (AvgIpc) is 2.03. The van der Waals surface area contributed by atoms with E-state index in [9.17, 15) is 0 Å². The molecule has 1 aliphatic heterocycles. The molecule has 11 heavy (non-hydrogen) atoms. The molecule has 0 saturated heterocycles. The summed E-state index contributed by atoms with van der Waals surface area (Å²) in [5.41, 5.74) is 3.93. The maximum Gasteiger partial charge on any atom is 0.0797 e. The highest BCUT2D eigenvalue weighted by atomic mass is 16.7. The smallest absolute Gasteiger partial charge is 0.0797 e. The molecule has 0 saturated carbocycles. The second kappa shape index (κ2) is 4.13. The SMILES string of the molecule is CC(C)ONC1=CN=CCC1. The summed E-state index contributed by atoms with van der Waals surface area (Å²) in [6.45, 7) is 3.97. The Morgan fingerprint density at radius 2 is 2.45 bits per heavy atom. The van der Waals surface area contributed by atoms with E-state index in [0.29, 0.717) is 0 Å². The molecular formula is C8H14N2O. The molecule has 0 atom stereocenters. The lowest BCUT2D eigenvalue weighted by Crippen LogP contribution is -2.19. The lowest BCUT2D eigenvalue weighted by molar-refractivity contribution is 0.0119. The van der Waals surface area contributed by atoms with Gasteiger partial charge in [0.1, 0.15) is 0 Å². The molecule has 0 unspecified atom stereocenters. The maximum absolute atomic E-state index is 5.19. The first-order chi connectivity index (χ1) is 5.29. The average molecular weight is 154 g/mol. The van der Waals surface area contributed by atoms with Crippen LogP contribution in [0.4, 0.5) is 0 Å². The van der Waals surface area contributed by atoms with Crippen LogP contribution in [0.15, 0.2) is 16.9 Å². The van der Waals surface area contributed by atoms with Gasteiger partial charge in [-0.25, -0.2) is 0 Å².